The maximum Gasteiger partial charge on any atom is 0.205 e. The summed E-state index contributed by atoms with van der Waals surface area (Å²) in [7, 11) is 0. The quantitative estimate of drug-likeness (QED) is 0.683. The van der Waals surface area contributed by atoms with Crippen molar-refractivity contribution in [1.29, 1.82) is 0 Å². The molecule has 1 aromatic rings. The number of hydrogen-bond acceptors (Lipinski definition) is 5. The Morgan fingerprint density at radius 1 is 1.67 bits per heavy atom. The predicted octanol–water partition coefficient (Wildman–Crippen LogP) is 1.38. The van der Waals surface area contributed by atoms with Gasteiger partial charge in [0.1, 0.15) is 5.51 Å². The van der Waals surface area contributed by atoms with Gasteiger partial charge < -0.3 is 10.1 Å². The van der Waals surface area contributed by atoms with Crippen LogP contribution in [0, 0.1) is 0 Å². The standard InChI is InChI=1S/C7H13N3OS/c1-2-11-5-3-4-8-7-10-9-6-12-7/h6H,2-5H2,1H3,(H,8,10). The van der Waals surface area contributed by atoms with Crippen molar-refractivity contribution < 1.29 is 4.74 Å². The van der Waals surface area contributed by atoms with Crippen LogP contribution in [-0.2, 0) is 4.74 Å². The second-order valence-corrected chi connectivity index (χ2v) is 3.05. The molecule has 12 heavy (non-hydrogen) atoms. The van der Waals surface area contributed by atoms with Crippen LogP contribution in [0.15, 0.2) is 5.51 Å². The number of rotatable bonds is 6. The molecule has 0 aromatic carbocycles. The third kappa shape index (κ3) is 3.64. The Morgan fingerprint density at radius 2 is 2.58 bits per heavy atom. The molecule has 0 fully saturated rings. The van der Waals surface area contributed by atoms with Gasteiger partial charge in [0.2, 0.25) is 5.13 Å². The summed E-state index contributed by atoms with van der Waals surface area (Å²) in [6.07, 6.45) is 1.01. The molecule has 1 aromatic heterocycles. The fourth-order valence-corrected chi connectivity index (χ4v) is 1.24. The predicted molar refractivity (Wildman–Crippen MR) is 49.5 cm³/mol. The third-order valence-electron chi connectivity index (χ3n) is 1.31. The van der Waals surface area contributed by atoms with Gasteiger partial charge in [0.15, 0.2) is 0 Å². The number of anilines is 1. The summed E-state index contributed by atoms with van der Waals surface area (Å²) in [4.78, 5) is 0. The highest BCUT2D eigenvalue weighted by Crippen LogP contribution is 2.06. The maximum atomic E-state index is 5.18. The van der Waals surface area contributed by atoms with Crippen molar-refractivity contribution in [3.63, 3.8) is 0 Å². The van der Waals surface area contributed by atoms with E-state index in [-0.39, 0.29) is 0 Å². The van der Waals surface area contributed by atoms with E-state index >= 15 is 0 Å². The molecule has 0 unspecified atom stereocenters. The van der Waals surface area contributed by atoms with E-state index in [0.29, 0.717) is 0 Å². The first-order chi connectivity index (χ1) is 5.93. The minimum absolute atomic E-state index is 0.790. The van der Waals surface area contributed by atoms with Crippen molar-refractivity contribution in [1.82, 2.24) is 10.2 Å². The van der Waals surface area contributed by atoms with E-state index in [1.807, 2.05) is 6.92 Å². The highest BCUT2D eigenvalue weighted by atomic mass is 32.1. The van der Waals surface area contributed by atoms with Crippen molar-refractivity contribution in [2.24, 2.45) is 0 Å². The van der Waals surface area contributed by atoms with Gasteiger partial charge in [0.05, 0.1) is 0 Å². The first-order valence-electron chi connectivity index (χ1n) is 4.01. The fraction of sp³-hybridized carbons (Fsp3) is 0.714. The summed E-state index contributed by atoms with van der Waals surface area (Å²) in [5.74, 6) is 0. The van der Waals surface area contributed by atoms with Crippen LogP contribution >= 0.6 is 11.3 Å². The topological polar surface area (TPSA) is 47.0 Å². The Hall–Kier alpha value is -0.680. The zero-order valence-corrected chi connectivity index (χ0v) is 7.93. The molecule has 0 amide bonds. The van der Waals surface area contributed by atoms with Gasteiger partial charge in [0, 0.05) is 19.8 Å². The Bertz CT molecular complexity index is 191. The summed E-state index contributed by atoms with van der Waals surface area (Å²) < 4.78 is 5.18. The molecule has 68 valence electrons. The zero-order valence-electron chi connectivity index (χ0n) is 7.12. The molecule has 1 heterocycles. The smallest absolute Gasteiger partial charge is 0.205 e. The van der Waals surface area contributed by atoms with Crippen molar-refractivity contribution in [2.45, 2.75) is 13.3 Å². The van der Waals surface area contributed by atoms with Crippen molar-refractivity contribution in [3.8, 4) is 0 Å². The van der Waals surface area contributed by atoms with Gasteiger partial charge in [0.25, 0.3) is 0 Å². The molecular weight excluding hydrogens is 174 g/mol. The Morgan fingerprint density at radius 3 is 3.25 bits per heavy atom. The minimum atomic E-state index is 0.790. The SMILES string of the molecule is CCOCCCNc1nncs1. The highest BCUT2D eigenvalue weighted by molar-refractivity contribution is 7.13. The van der Waals surface area contributed by atoms with Crippen LogP contribution in [0.1, 0.15) is 13.3 Å². The summed E-state index contributed by atoms with van der Waals surface area (Å²) in [5, 5.41) is 11.6. The molecular formula is C7H13N3OS. The van der Waals surface area contributed by atoms with Gasteiger partial charge in [-0.15, -0.1) is 10.2 Å². The average molecular weight is 187 g/mol. The molecule has 0 saturated heterocycles. The number of hydrogen-bond donors (Lipinski definition) is 1. The Labute approximate surface area is 76.0 Å². The van der Waals surface area contributed by atoms with Gasteiger partial charge in [-0.3, -0.25) is 0 Å². The molecule has 0 saturated carbocycles. The number of aromatic nitrogens is 2. The normalized spacial score (nSPS) is 10.1. The molecule has 0 bridgehead atoms. The molecule has 4 nitrogen and oxygen atoms in total. The lowest BCUT2D eigenvalue weighted by Gasteiger charge is -2.01. The molecule has 0 radical (unpaired) electrons. The molecule has 0 atom stereocenters. The second-order valence-electron chi connectivity index (χ2n) is 2.22. The van der Waals surface area contributed by atoms with Gasteiger partial charge in [-0.05, 0) is 13.3 Å². The second kappa shape index (κ2) is 5.91. The summed E-state index contributed by atoms with van der Waals surface area (Å²) >= 11 is 1.51. The largest absolute Gasteiger partial charge is 0.382 e. The van der Waals surface area contributed by atoms with Gasteiger partial charge in [-0.1, -0.05) is 11.3 Å². The van der Waals surface area contributed by atoms with Crippen molar-refractivity contribution in [2.75, 3.05) is 25.1 Å². The van der Waals surface area contributed by atoms with Gasteiger partial charge in [-0.25, -0.2) is 0 Å². The number of nitrogens with one attached hydrogen (secondary N) is 1. The first kappa shape index (κ1) is 9.41. The molecule has 0 aliphatic carbocycles. The number of ether oxygens (including phenoxy) is 1. The average Bonchev–Trinajstić information content (AvgIpc) is 2.57. The third-order valence-corrected chi connectivity index (χ3v) is 1.95. The Balaban J connectivity index is 1.96. The van der Waals surface area contributed by atoms with E-state index in [0.717, 1.165) is 31.3 Å². The molecule has 5 heteroatoms. The van der Waals surface area contributed by atoms with Crippen LogP contribution < -0.4 is 5.32 Å². The van der Waals surface area contributed by atoms with Crippen LogP contribution in [0.25, 0.3) is 0 Å². The lowest BCUT2D eigenvalue weighted by Crippen LogP contribution is -2.05. The fourth-order valence-electron chi connectivity index (χ4n) is 0.764. The molecule has 0 aliphatic rings. The lowest BCUT2D eigenvalue weighted by atomic mass is 10.4. The molecule has 0 aliphatic heterocycles. The van der Waals surface area contributed by atoms with Gasteiger partial charge in [-0.2, -0.15) is 0 Å². The van der Waals surface area contributed by atoms with Crippen LogP contribution in [0.4, 0.5) is 5.13 Å². The van der Waals surface area contributed by atoms with Crippen LogP contribution in [-0.4, -0.2) is 30.0 Å². The van der Waals surface area contributed by atoms with Gasteiger partial charge >= 0.3 is 0 Å². The lowest BCUT2D eigenvalue weighted by molar-refractivity contribution is 0.147. The van der Waals surface area contributed by atoms with Crippen LogP contribution in [0.3, 0.4) is 0 Å². The first-order valence-corrected chi connectivity index (χ1v) is 4.89. The highest BCUT2D eigenvalue weighted by Gasteiger charge is 1.93. The summed E-state index contributed by atoms with van der Waals surface area (Å²) in [5.41, 5.74) is 1.71. The molecule has 1 N–H and O–H groups in total. The molecule has 0 spiro atoms. The maximum absolute atomic E-state index is 5.18. The minimum Gasteiger partial charge on any atom is -0.382 e. The van der Waals surface area contributed by atoms with E-state index in [2.05, 4.69) is 15.5 Å². The van der Waals surface area contributed by atoms with Crippen molar-refractivity contribution in [3.05, 3.63) is 5.51 Å². The van der Waals surface area contributed by atoms with E-state index < -0.39 is 0 Å². The van der Waals surface area contributed by atoms with E-state index in [4.69, 9.17) is 4.74 Å². The van der Waals surface area contributed by atoms with Crippen molar-refractivity contribution >= 4 is 16.5 Å². The van der Waals surface area contributed by atoms with E-state index in [1.54, 1.807) is 5.51 Å². The van der Waals surface area contributed by atoms with Crippen LogP contribution in [0.2, 0.25) is 0 Å². The summed E-state index contributed by atoms with van der Waals surface area (Å²) in [6.45, 7) is 4.49. The van der Waals surface area contributed by atoms with Crippen LogP contribution in [0.5, 0.6) is 0 Å². The monoisotopic (exact) mass is 187 g/mol. The number of nitrogens with zero attached hydrogens (tertiary/aromatic N) is 2. The van der Waals surface area contributed by atoms with E-state index in [1.165, 1.54) is 11.3 Å². The zero-order chi connectivity index (χ0) is 8.65. The molecule has 1 rings (SSSR count). The Kier molecular flexibility index (Phi) is 4.63. The van der Waals surface area contributed by atoms with E-state index in [9.17, 15) is 0 Å². The summed E-state index contributed by atoms with van der Waals surface area (Å²) in [6, 6.07) is 0.